The molecule has 1 aliphatic carbocycles. The Morgan fingerprint density at radius 3 is 2.11 bits per heavy atom. The summed E-state index contributed by atoms with van der Waals surface area (Å²) in [7, 11) is 3.51. The molecule has 0 bridgehead atoms. The normalized spacial score (nSPS) is 14.4. The van der Waals surface area contributed by atoms with Crippen LogP contribution in [0.2, 0.25) is 0 Å². The van der Waals surface area contributed by atoms with Gasteiger partial charge in [-0.1, -0.05) is 48.6 Å². The van der Waals surface area contributed by atoms with E-state index < -0.39 is 0 Å². The van der Waals surface area contributed by atoms with Gasteiger partial charge >= 0.3 is 18.1 Å². The molecule has 0 saturated carbocycles. The van der Waals surface area contributed by atoms with Gasteiger partial charge in [-0.3, -0.25) is 0 Å². The number of nitrogens with zero attached hydrogens (tertiary/aromatic N) is 3. The highest BCUT2D eigenvalue weighted by atomic mass is 16.2. The number of amides is 6. The van der Waals surface area contributed by atoms with Crippen molar-refractivity contribution < 1.29 is 14.4 Å². The first-order chi connectivity index (χ1) is 17.3. The molecule has 0 heterocycles. The van der Waals surface area contributed by atoms with Gasteiger partial charge in [0.05, 0.1) is 0 Å². The Bertz CT molecular complexity index is 898. The van der Waals surface area contributed by atoms with Crippen molar-refractivity contribution in [2.24, 2.45) is 5.92 Å². The standard InChI is InChI=1S/C27H42N6O3/c1-5-33(6-2)27(36)30-21-24-15-10-14-23(18-24)20-29-26(35)32(4)17-11-16-31(3)25(34)28-19-22-12-8-7-9-13-22/h7-10,12-13,15,18,23H,5-6,11,14,16-17,19-21H2,1-4H3,(H,28,34)(H,29,35)(H,30,36). The summed E-state index contributed by atoms with van der Waals surface area (Å²) in [6, 6.07) is 9.45. The number of hydrogen-bond donors (Lipinski definition) is 3. The Balaban J connectivity index is 1.65. The predicted octanol–water partition coefficient (Wildman–Crippen LogP) is 3.41. The fourth-order valence-electron chi connectivity index (χ4n) is 3.89. The van der Waals surface area contributed by atoms with Crippen LogP contribution in [-0.4, -0.2) is 86.2 Å². The van der Waals surface area contributed by atoms with Crippen LogP contribution in [0.1, 0.15) is 32.3 Å². The van der Waals surface area contributed by atoms with Gasteiger partial charge in [0.25, 0.3) is 0 Å². The average molecular weight is 499 g/mol. The Kier molecular flexibility index (Phi) is 12.4. The van der Waals surface area contributed by atoms with Gasteiger partial charge in [0.2, 0.25) is 0 Å². The minimum atomic E-state index is -0.134. The lowest BCUT2D eigenvalue weighted by Crippen LogP contribution is -2.42. The maximum absolute atomic E-state index is 12.5. The second-order valence-corrected chi connectivity index (χ2v) is 9.00. The van der Waals surface area contributed by atoms with E-state index in [2.05, 4.69) is 28.1 Å². The molecule has 0 radical (unpaired) electrons. The van der Waals surface area contributed by atoms with E-state index in [-0.39, 0.29) is 24.0 Å². The monoisotopic (exact) mass is 498 g/mol. The molecule has 0 saturated heterocycles. The number of hydrogen-bond acceptors (Lipinski definition) is 3. The van der Waals surface area contributed by atoms with E-state index >= 15 is 0 Å². The number of benzene rings is 1. The van der Waals surface area contributed by atoms with Crippen LogP contribution in [0, 0.1) is 5.92 Å². The third-order valence-corrected chi connectivity index (χ3v) is 6.20. The SMILES string of the molecule is CCN(CC)C(=O)NCC1=CC(CNC(=O)N(C)CCCN(C)C(=O)NCc2ccccc2)CC=C1. The quantitative estimate of drug-likeness (QED) is 0.412. The number of carbonyl (C=O) groups excluding carboxylic acids is 3. The number of carbonyl (C=O) groups is 3. The summed E-state index contributed by atoms with van der Waals surface area (Å²) >= 11 is 0. The molecule has 1 unspecified atom stereocenters. The molecule has 1 aliphatic rings. The van der Waals surface area contributed by atoms with E-state index in [1.165, 1.54) is 0 Å². The van der Waals surface area contributed by atoms with Gasteiger partial charge in [0.1, 0.15) is 0 Å². The Morgan fingerprint density at radius 1 is 0.861 bits per heavy atom. The van der Waals surface area contributed by atoms with Crippen molar-refractivity contribution in [2.75, 3.05) is 53.4 Å². The predicted molar refractivity (Wildman–Crippen MR) is 144 cm³/mol. The minimum Gasteiger partial charge on any atom is -0.337 e. The van der Waals surface area contributed by atoms with Gasteiger partial charge in [-0.05, 0) is 43.7 Å². The van der Waals surface area contributed by atoms with Crippen molar-refractivity contribution in [3.8, 4) is 0 Å². The summed E-state index contributed by atoms with van der Waals surface area (Å²) in [6.45, 7) is 7.87. The lowest BCUT2D eigenvalue weighted by atomic mass is 9.96. The summed E-state index contributed by atoms with van der Waals surface area (Å²) in [5.74, 6) is 0.187. The first-order valence-electron chi connectivity index (χ1n) is 12.8. The third kappa shape index (κ3) is 10.0. The number of nitrogens with one attached hydrogen (secondary N) is 3. The molecule has 9 heteroatoms. The van der Waals surface area contributed by atoms with Crippen molar-refractivity contribution in [1.29, 1.82) is 0 Å². The summed E-state index contributed by atoms with van der Waals surface area (Å²) in [5, 5.41) is 8.85. The summed E-state index contributed by atoms with van der Waals surface area (Å²) in [5.41, 5.74) is 2.10. The van der Waals surface area contributed by atoms with Crippen LogP contribution < -0.4 is 16.0 Å². The van der Waals surface area contributed by atoms with Crippen molar-refractivity contribution in [3.63, 3.8) is 0 Å². The lowest BCUT2D eigenvalue weighted by Gasteiger charge is -2.23. The van der Waals surface area contributed by atoms with E-state index in [4.69, 9.17) is 0 Å². The minimum absolute atomic E-state index is 0.0642. The molecule has 9 nitrogen and oxygen atoms in total. The van der Waals surface area contributed by atoms with Crippen molar-refractivity contribution in [2.45, 2.75) is 33.2 Å². The van der Waals surface area contributed by atoms with Gasteiger partial charge in [-0.25, -0.2) is 14.4 Å². The van der Waals surface area contributed by atoms with Crippen LogP contribution in [0.15, 0.2) is 54.1 Å². The molecule has 1 atom stereocenters. The molecule has 2 rings (SSSR count). The highest BCUT2D eigenvalue weighted by molar-refractivity contribution is 5.75. The maximum atomic E-state index is 12.5. The van der Waals surface area contributed by atoms with Crippen LogP contribution in [0.4, 0.5) is 14.4 Å². The van der Waals surface area contributed by atoms with Gasteiger partial charge < -0.3 is 30.7 Å². The highest BCUT2D eigenvalue weighted by Crippen LogP contribution is 2.16. The van der Waals surface area contributed by atoms with Crippen LogP contribution >= 0.6 is 0 Å². The average Bonchev–Trinajstić information content (AvgIpc) is 2.90. The highest BCUT2D eigenvalue weighted by Gasteiger charge is 2.15. The van der Waals surface area contributed by atoms with Crippen LogP contribution in [0.3, 0.4) is 0 Å². The molecule has 6 amide bonds. The molecule has 36 heavy (non-hydrogen) atoms. The van der Waals surface area contributed by atoms with Gasteiger partial charge in [0, 0.05) is 59.9 Å². The number of rotatable bonds is 12. The zero-order chi connectivity index (χ0) is 26.3. The molecule has 198 valence electrons. The van der Waals surface area contributed by atoms with E-state index in [0.717, 1.165) is 17.6 Å². The molecule has 0 fully saturated rings. The van der Waals surface area contributed by atoms with Crippen molar-refractivity contribution in [3.05, 3.63) is 59.7 Å². The third-order valence-electron chi connectivity index (χ3n) is 6.20. The van der Waals surface area contributed by atoms with E-state index in [9.17, 15) is 14.4 Å². The number of allylic oxidation sites excluding steroid dienone is 1. The zero-order valence-electron chi connectivity index (χ0n) is 22.1. The summed E-state index contributed by atoms with van der Waals surface area (Å²) in [4.78, 5) is 41.9. The van der Waals surface area contributed by atoms with Crippen molar-refractivity contribution >= 4 is 18.1 Å². The van der Waals surface area contributed by atoms with Crippen LogP contribution in [-0.2, 0) is 6.54 Å². The van der Waals surface area contributed by atoms with E-state index in [1.54, 1.807) is 28.8 Å². The fraction of sp³-hybridized carbons (Fsp3) is 0.519. The number of urea groups is 3. The smallest absolute Gasteiger partial charge is 0.317 e. The molecule has 0 aliphatic heterocycles. The van der Waals surface area contributed by atoms with Crippen molar-refractivity contribution in [1.82, 2.24) is 30.7 Å². The van der Waals surface area contributed by atoms with Crippen LogP contribution in [0.25, 0.3) is 0 Å². The molecule has 0 spiro atoms. The summed E-state index contributed by atoms with van der Waals surface area (Å²) < 4.78 is 0. The van der Waals surface area contributed by atoms with Gasteiger partial charge in [0.15, 0.2) is 0 Å². The Morgan fingerprint density at radius 2 is 1.47 bits per heavy atom. The van der Waals surface area contributed by atoms with E-state index in [1.807, 2.05) is 50.3 Å². The Hall–Kier alpha value is -3.49. The second-order valence-electron chi connectivity index (χ2n) is 9.00. The lowest BCUT2D eigenvalue weighted by molar-refractivity contribution is 0.198. The zero-order valence-corrected chi connectivity index (χ0v) is 22.1. The largest absolute Gasteiger partial charge is 0.337 e. The van der Waals surface area contributed by atoms with E-state index in [0.29, 0.717) is 52.2 Å². The summed E-state index contributed by atoms with van der Waals surface area (Å²) in [6.07, 6.45) is 7.76. The molecule has 3 N–H and O–H groups in total. The second kappa shape index (κ2) is 15.5. The molecular weight excluding hydrogens is 456 g/mol. The van der Waals surface area contributed by atoms with Gasteiger partial charge in [-0.15, -0.1) is 0 Å². The first kappa shape index (κ1) is 28.7. The van der Waals surface area contributed by atoms with Crippen LogP contribution in [0.5, 0.6) is 0 Å². The molecule has 1 aromatic carbocycles. The van der Waals surface area contributed by atoms with Gasteiger partial charge in [-0.2, -0.15) is 0 Å². The molecule has 1 aromatic rings. The Labute approximate surface area is 215 Å². The maximum Gasteiger partial charge on any atom is 0.317 e. The molecular formula is C27H42N6O3. The molecule has 0 aromatic heterocycles. The first-order valence-corrected chi connectivity index (χ1v) is 12.8. The topological polar surface area (TPSA) is 97.0 Å². The fourth-order valence-corrected chi connectivity index (χ4v) is 3.89.